The highest BCUT2D eigenvalue weighted by Crippen LogP contribution is 2.32. The molecule has 1 heterocycles. The van der Waals surface area contributed by atoms with Crippen LogP contribution in [-0.2, 0) is 0 Å². The molecule has 1 aliphatic rings. The van der Waals surface area contributed by atoms with Gasteiger partial charge in [-0.2, -0.15) is 0 Å². The van der Waals surface area contributed by atoms with Crippen molar-refractivity contribution in [1.29, 1.82) is 0 Å². The lowest BCUT2D eigenvalue weighted by Gasteiger charge is -2.37. The predicted molar refractivity (Wildman–Crippen MR) is 76.4 cm³/mol. The topological polar surface area (TPSA) is 58.7 Å². The van der Waals surface area contributed by atoms with Crippen LogP contribution in [0.2, 0.25) is 0 Å². The van der Waals surface area contributed by atoms with Gasteiger partial charge >= 0.3 is 0 Å². The molecule has 0 aromatic heterocycles. The standard InChI is InChI=1S/C15H24N2O2/c1-11-4-3-7-17(10-11)13(9-16)12-5-6-15(19-2)14(18)8-12/h5-6,8,11,13,18H,3-4,7,9-10,16H2,1-2H3. The van der Waals surface area contributed by atoms with Crippen molar-refractivity contribution in [2.45, 2.75) is 25.8 Å². The summed E-state index contributed by atoms with van der Waals surface area (Å²) in [5.74, 6) is 1.41. The summed E-state index contributed by atoms with van der Waals surface area (Å²) in [7, 11) is 1.56. The van der Waals surface area contributed by atoms with Gasteiger partial charge in [-0.3, -0.25) is 4.90 Å². The largest absolute Gasteiger partial charge is 0.504 e. The van der Waals surface area contributed by atoms with E-state index in [2.05, 4.69) is 11.8 Å². The molecule has 2 atom stereocenters. The predicted octanol–water partition coefficient (Wildman–Crippen LogP) is 2.13. The lowest BCUT2D eigenvalue weighted by Crippen LogP contribution is -2.40. The van der Waals surface area contributed by atoms with Crippen LogP contribution in [0, 0.1) is 5.92 Å². The normalized spacial score (nSPS) is 22.2. The second-order valence-electron chi connectivity index (χ2n) is 5.43. The van der Waals surface area contributed by atoms with Crippen molar-refractivity contribution in [3.05, 3.63) is 23.8 Å². The number of benzene rings is 1. The molecule has 0 bridgehead atoms. The second kappa shape index (κ2) is 6.26. The third-order valence-electron chi connectivity index (χ3n) is 3.94. The fraction of sp³-hybridized carbons (Fsp3) is 0.600. The quantitative estimate of drug-likeness (QED) is 0.874. The SMILES string of the molecule is COc1ccc(C(CN)N2CCCC(C)C2)cc1O. The van der Waals surface area contributed by atoms with E-state index >= 15 is 0 Å². The van der Waals surface area contributed by atoms with Gasteiger partial charge in [0.05, 0.1) is 7.11 Å². The summed E-state index contributed by atoms with van der Waals surface area (Å²) in [4.78, 5) is 2.43. The molecule has 0 radical (unpaired) electrons. The average Bonchev–Trinajstić information content (AvgIpc) is 2.40. The first-order valence-electron chi connectivity index (χ1n) is 6.96. The Bertz CT molecular complexity index is 423. The summed E-state index contributed by atoms with van der Waals surface area (Å²) >= 11 is 0. The highest BCUT2D eigenvalue weighted by atomic mass is 16.5. The van der Waals surface area contributed by atoms with Gasteiger partial charge in [-0.1, -0.05) is 13.0 Å². The van der Waals surface area contributed by atoms with E-state index in [0.717, 1.165) is 24.6 Å². The minimum absolute atomic E-state index is 0.180. The molecule has 0 amide bonds. The average molecular weight is 264 g/mol. The van der Waals surface area contributed by atoms with Gasteiger partial charge in [-0.15, -0.1) is 0 Å². The van der Waals surface area contributed by atoms with Gasteiger partial charge in [0.25, 0.3) is 0 Å². The number of phenols is 1. The monoisotopic (exact) mass is 264 g/mol. The molecular weight excluding hydrogens is 240 g/mol. The van der Waals surface area contributed by atoms with Crippen LogP contribution in [0.25, 0.3) is 0 Å². The maximum Gasteiger partial charge on any atom is 0.160 e. The zero-order valence-electron chi connectivity index (χ0n) is 11.8. The van der Waals surface area contributed by atoms with Gasteiger partial charge < -0.3 is 15.6 Å². The highest BCUT2D eigenvalue weighted by molar-refractivity contribution is 5.42. The van der Waals surface area contributed by atoms with E-state index in [9.17, 15) is 5.11 Å². The molecule has 19 heavy (non-hydrogen) atoms. The van der Waals surface area contributed by atoms with Crippen LogP contribution in [0.3, 0.4) is 0 Å². The molecule has 1 saturated heterocycles. The molecule has 1 aliphatic heterocycles. The molecule has 1 aromatic carbocycles. The molecular formula is C15H24N2O2. The Kier molecular flexibility index (Phi) is 4.66. The van der Waals surface area contributed by atoms with Crippen molar-refractivity contribution in [3.8, 4) is 11.5 Å². The maximum atomic E-state index is 9.90. The Hall–Kier alpha value is -1.26. The fourth-order valence-electron chi connectivity index (χ4n) is 2.92. The third-order valence-corrected chi connectivity index (χ3v) is 3.94. The van der Waals surface area contributed by atoms with Crippen LogP contribution in [0.15, 0.2) is 18.2 Å². The molecule has 2 unspecified atom stereocenters. The van der Waals surface area contributed by atoms with Crippen LogP contribution in [0.4, 0.5) is 0 Å². The van der Waals surface area contributed by atoms with Crippen LogP contribution >= 0.6 is 0 Å². The van der Waals surface area contributed by atoms with Crippen molar-refractivity contribution in [3.63, 3.8) is 0 Å². The Labute approximate surface area is 115 Å². The molecule has 0 saturated carbocycles. The molecule has 0 aliphatic carbocycles. The number of nitrogens with zero attached hydrogens (tertiary/aromatic N) is 1. The van der Waals surface area contributed by atoms with Gasteiger partial charge in [0.2, 0.25) is 0 Å². The van der Waals surface area contributed by atoms with Crippen molar-refractivity contribution >= 4 is 0 Å². The van der Waals surface area contributed by atoms with E-state index in [4.69, 9.17) is 10.5 Å². The first-order valence-corrected chi connectivity index (χ1v) is 6.96. The molecule has 106 valence electrons. The van der Waals surface area contributed by atoms with Crippen molar-refractivity contribution in [1.82, 2.24) is 4.90 Å². The third kappa shape index (κ3) is 3.19. The number of phenolic OH excluding ortho intramolecular Hbond substituents is 1. The number of ether oxygens (including phenoxy) is 1. The molecule has 2 rings (SSSR count). The Morgan fingerprint density at radius 1 is 1.53 bits per heavy atom. The minimum Gasteiger partial charge on any atom is -0.504 e. The van der Waals surface area contributed by atoms with Crippen LogP contribution < -0.4 is 10.5 Å². The van der Waals surface area contributed by atoms with Gasteiger partial charge in [0, 0.05) is 19.1 Å². The number of rotatable bonds is 4. The number of hydrogen-bond acceptors (Lipinski definition) is 4. The molecule has 4 heteroatoms. The van der Waals surface area contributed by atoms with E-state index in [0.29, 0.717) is 12.3 Å². The number of nitrogens with two attached hydrogens (primary N) is 1. The fourth-order valence-corrected chi connectivity index (χ4v) is 2.92. The molecule has 1 fully saturated rings. The molecule has 1 aromatic rings. The van der Waals surface area contributed by atoms with Gasteiger partial charge in [-0.25, -0.2) is 0 Å². The molecule has 3 N–H and O–H groups in total. The number of piperidine rings is 1. The van der Waals surface area contributed by atoms with E-state index in [-0.39, 0.29) is 11.8 Å². The van der Waals surface area contributed by atoms with E-state index < -0.39 is 0 Å². The summed E-state index contributed by atoms with van der Waals surface area (Å²) in [6, 6.07) is 5.76. The number of methoxy groups -OCH3 is 1. The van der Waals surface area contributed by atoms with Crippen molar-refractivity contribution < 1.29 is 9.84 Å². The zero-order chi connectivity index (χ0) is 13.8. The molecule has 4 nitrogen and oxygen atoms in total. The Balaban J connectivity index is 2.19. The second-order valence-corrected chi connectivity index (χ2v) is 5.43. The number of likely N-dealkylation sites (tertiary alicyclic amines) is 1. The Morgan fingerprint density at radius 2 is 2.32 bits per heavy atom. The number of hydrogen-bond donors (Lipinski definition) is 2. The van der Waals surface area contributed by atoms with Crippen molar-refractivity contribution in [2.75, 3.05) is 26.7 Å². The van der Waals surface area contributed by atoms with Crippen LogP contribution in [0.5, 0.6) is 11.5 Å². The smallest absolute Gasteiger partial charge is 0.160 e. The van der Waals surface area contributed by atoms with Gasteiger partial charge in [0.15, 0.2) is 11.5 Å². The van der Waals surface area contributed by atoms with Crippen LogP contribution in [0.1, 0.15) is 31.4 Å². The highest BCUT2D eigenvalue weighted by Gasteiger charge is 2.24. The maximum absolute atomic E-state index is 9.90. The number of aromatic hydroxyl groups is 1. The summed E-state index contributed by atoms with van der Waals surface area (Å²) in [6.07, 6.45) is 2.52. The summed E-state index contributed by atoms with van der Waals surface area (Å²) in [6.45, 7) is 5.01. The van der Waals surface area contributed by atoms with E-state index in [1.165, 1.54) is 12.8 Å². The van der Waals surface area contributed by atoms with Gasteiger partial charge in [0.1, 0.15) is 0 Å². The van der Waals surface area contributed by atoms with Crippen molar-refractivity contribution in [2.24, 2.45) is 11.7 Å². The summed E-state index contributed by atoms with van der Waals surface area (Å²) in [5.41, 5.74) is 7.01. The zero-order valence-corrected chi connectivity index (χ0v) is 11.8. The lowest BCUT2D eigenvalue weighted by atomic mass is 9.96. The summed E-state index contributed by atoms with van der Waals surface area (Å²) in [5, 5.41) is 9.90. The minimum atomic E-state index is 0.180. The van der Waals surface area contributed by atoms with E-state index in [1.54, 1.807) is 19.2 Å². The lowest BCUT2D eigenvalue weighted by molar-refractivity contribution is 0.133. The summed E-state index contributed by atoms with van der Waals surface area (Å²) < 4.78 is 5.08. The first kappa shape index (κ1) is 14.2. The van der Waals surface area contributed by atoms with Gasteiger partial charge in [-0.05, 0) is 43.0 Å². The van der Waals surface area contributed by atoms with E-state index in [1.807, 2.05) is 6.07 Å². The van der Waals surface area contributed by atoms with Crippen LogP contribution in [-0.4, -0.2) is 36.8 Å². The Morgan fingerprint density at radius 3 is 2.89 bits per heavy atom. The first-order chi connectivity index (χ1) is 9.15. The molecule has 0 spiro atoms.